The van der Waals surface area contributed by atoms with Gasteiger partial charge in [-0.25, -0.2) is 0 Å². The fourth-order valence-electron chi connectivity index (χ4n) is 2.86. The zero-order chi connectivity index (χ0) is 30.6. The van der Waals surface area contributed by atoms with E-state index in [1.54, 1.807) is 0 Å². The molecular weight excluding hydrogens is 694 g/mol. The highest BCUT2D eigenvalue weighted by molar-refractivity contribution is 14.1. The second-order valence-electron chi connectivity index (χ2n) is 8.29. The van der Waals surface area contributed by atoms with Crippen LogP contribution in [0.2, 0.25) is 0 Å². The summed E-state index contributed by atoms with van der Waals surface area (Å²) in [6.45, 7) is 0.943. The first-order chi connectivity index (χ1) is 16.7. The average Bonchev–Trinajstić information content (AvgIpc) is 2.73. The molecule has 0 radical (unpaired) electrons. The van der Waals surface area contributed by atoms with Gasteiger partial charge >= 0.3 is 47.6 Å². The molecule has 0 bridgehead atoms. The van der Waals surface area contributed by atoms with E-state index in [9.17, 15) is 74.6 Å². The van der Waals surface area contributed by atoms with Gasteiger partial charge in [0.1, 0.15) is 0 Å². The predicted octanol–water partition coefficient (Wildman–Crippen LogP) is 9.57. The van der Waals surface area contributed by atoms with Gasteiger partial charge in [0.25, 0.3) is 0 Å². The van der Waals surface area contributed by atoms with E-state index in [2.05, 4.69) is 0 Å². The number of ether oxygens (including phenoxy) is 1. The normalized spacial score (nSPS) is 16.2. The molecule has 0 saturated carbocycles. The van der Waals surface area contributed by atoms with Crippen LogP contribution in [0.3, 0.4) is 0 Å². The molecule has 1 nitrogen and oxygen atoms in total. The highest BCUT2D eigenvalue weighted by Crippen LogP contribution is 2.64. The molecule has 1 atom stereocenters. The third-order valence-corrected chi connectivity index (χ3v) is 6.01. The van der Waals surface area contributed by atoms with Crippen LogP contribution in [0.25, 0.3) is 0 Å². The largest absolute Gasteiger partial charge is 0.460 e. The Morgan fingerprint density at radius 1 is 0.526 bits per heavy atom. The van der Waals surface area contributed by atoms with Crippen LogP contribution in [-0.2, 0) is 4.74 Å². The number of hydrogen-bond acceptors (Lipinski definition) is 1. The lowest BCUT2D eigenvalue weighted by molar-refractivity contribution is -0.461. The molecule has 1 unspecified atom stereocenters. The van der Waals surface area contributed by atoms with Crippen LogP contribution in [0, 0.1) is 0 Å². The van der Waals surface area contributed by atoms with E-state index in [0.717, 1.165) is 48.3 Å². The molecule has 38 heavy (non-hydrogen) atoms. The smallest absolute Gasteiger partial charge is 0.380 e. The molecule has 19 heteroatoms. The lowest BCUT2D eigenvalue weighted by Gasteiger charge is -2.43. The molecule has 0 fully saturated rings. The lowest BCUT2D eigenvalue weighted by atomic mass is 9.88. The van der Waals surface area contributed by atoms with Gasteiger partial charge in [-0.2, -0.15) is 74.6 Å². The van der Waals surface area contributed by atoms with Crippen molar-refractivity contribution in [1.29, 1.82) is 0 Å². The Balaban J connectivity index is 5.75. The summed E-state index contributed by atoms with van der Waals surface area (Å²) in [5, 5.41) is 0. The Hall–Kier alpha value is -0.500. The minimum atomic E-state index is -8.61. The van der Waals surface area contributed by atoms with Crippen LogP contribution < -0.4 is 0 Å². The molecule has 0 aromatic carbocycles. The number of rotatable bonds is 17. The van der Waals surface area contributed by atoms with Gasteiger partial charge in [-0.15, -0.1) is 0 Å². The number of hydrogen-bond donors (Lipinski definition) is 0. The Kier molecular flexibility index (Phi) is 12.4. The van der Waals surface area contributed by atoms with Gasteiger partial charge in [-0.3, -0.25) is 0 Å². The molecule has 230 valence electrons. The second kappa shape index (κ2) is 12.6. The number of halogens is 18. The zero-order valence-corrected chi connectivity index (χ0v) is 21.3. The molecule has 0 aliphatic heterocycles. The fourth-order valence-corrected chi connectivity index (χ4v) is 3.66. The van der Waals surface area contributed by atoms with Gasteiger partial charge in [-0.1, -0.05) is 61.6 Å². The fraction of sp³-hybridized carbons (Fsp3) is 1.00. The first-order valence-electron chi connectivity index (χ1n) is 10.6. The summed E-state index contributed by atoms with van der Waals surface area (Å²) in [5.41, 5.74) is 0. The highest BCUT2D eigenvalue weighted by Gasteiger charge is 2.95. The van der Waals surface area contributed by atoms with Crippen molar-refractivity contribution in [3.05, 3.63) is 0 Å². The summed E-state index contributed by atoms with van der Waals surface area (Å²) in [6.07, 6.45) is -5.80. The zero-order valence-electron chi connectivity index (χ0n) is 19.2. The standard InChI is InChI=1S/C19H22F17IO/c1-2-3-4-5-6-7-8-38-10-11(37)9-12(20,21)13(22,23)14(24,25)15(26,27)16(28,29)17(30,31)18(32,33)19(34,35)36/h11H,2-10H2,1H3. The first-order valence-corrected chi connectivity index (χ1v) is 11.9. The van der Waals surface area contributed by atoms with Crippen LogP contribution in [0.15, 0.2) is 0 Å². The van der Waals surface area contributed by atoms with Gasteiger partial charge < -0.3 is 4.74 Å². The molecule has 0 aromatic rings. The van der Waals surface area contributed by atoms with Crippen molar-refractivity contribution in [2.75, 3.05) is 13.2 Å². The minimum absolute atomic E-state index is 0.128. The monoisotopic (exact) mass is 716 g/mol. The van der Waals surface area contributed by atoms with E-state index in [1.807, 2.05) is 6.92 Å². The highest BCUT2D eigenvalue weighted by atomic mass is 127. The Labute approximate surface area is 218 Å². The molecule has 0 rings (SSSR count). The Bertz CT molecular complexity index is 735. The van der Waals surface area contributed by atoms with Crippen molar-refractivity contribution in [3.63, 3.8) is 0 Å². The van der Waals surface area contributed by atoms with E-state index in [-0.39, 0.29) is 6.61 Å². The first kappa shape index (κ1) is 37.5. The third-order valence-electron chi connectivity index (χ3n) is 5.21. The van der Waals surface area contributed by atoms with Crippen molar-refractivity contribution >= 4 is 22.6 Å². The van der Waals surface area contributed by atoms with Gasteiger partial charge in [0.05, 0.1) is 6.61 Å². The molecule has 0 aromatic heterocycles. The van der Waals surface area contributed by atoms with Crippen molar-refractivity contribution in [3.8, 4) is 0 Å². The summed E-state index contributed by atoms with van der Waals surface area (Å²) >= 11 is 0.920. The summed E-state index contributed by atoms with van der Waals surface area (Å²) in [5.74, 6) is -56.1. The molecule has 0 amide bonds. The van der Waals surface area contributed by atoms with Crippen LogP contribution in [0.1, 0.15) is 51.9 Å². The van der Waals surface area contributed by atoms with E-state index in [0.29, 0.717) is 12.8 Å². The maximum absolute atomic E-state index is 13.9. The quantitative estimate of drug-likeness (QED) is 0.0631. The van der Waals surface area contributed by atoms with Gasteiger partial charge in [0.2, 0.25) is 0 Å². The van der Waals surface area contributed by atoms with E-state index in [1.165, 1.54) is 0 Å². The van der Waals surface area contributed by atoms with Gasteiger partial charge in [0, 0.05) is 17.0 Å². The van der Waals surface area contributed by atoms with Crippen LogP contribution >= 0.6 is 22.6 Å². The van der Waals surface area contributed by atoms with Crippen molar-refractivity contribution in [1.82, 2.24) is 0 Å². The summed E-state index contributed by atoms with van der Waals surface area (Å²) in [6, 6.07) is 0. The van der Waals surface area contributed by atoms with E-state index in [4.69, 9.17) is 4.74 Å². The van der Waals surface area contributed by atoms with Gasteiger partial charge in [0.15, 0.2) is 0 Å². The van der Waals surface area contributed by atoms with Crippen molar-refractivity contribution in [2.24, 2.45) is 0 Å². The molecule has 0 heterocycles. The molecular formula is C19H22F17IO. The maximum atomic E-state index is 13.9. The molecule has 0 aliphatic rings. The maximum Gasteiger partial charge on any atom is 0.460 e. The van der Waals surface area contributed by atoms with Crippen LogP contribution in [0.5, 0.6) is 0 Å². The number of unbranched alkanes of at least 4 members (excludes halogenated alkanes) is 5. The Morgan fingerprint density at radius 3 is 1.32 bits per heavy atom. The van der Waals surface area contributed by atoms with Crippen molar-refractivity contribution < 1.29 is 79.4 Å². The molecule has 0 spiro atoms. The molecule has 0 N–H and O–H groups in total. The topological polar surface area (TPSA) is 9.23 Å². The summed E-state index contributed by atoms with van der Waals surface area (Å²) in [7, 11) is 0. The molecule has 0 aliphatic carbocycles. The van der Waals surface area contributed by atoms with Gasteiger partial charge in [-0.05, 0) is 6.42 Å². The minimum Gasteiger partial charge on any atom is -0.380 e. The Morgan fingerprint density at radius 2 is 0.895 bits per heavy atom. The summed E-state index contributed by atoms with van der Waals surface area (Å²) in [4.78, 5) is 0. The SMILES string of the molecule is CCCCCCCCOCC(I)CC(F)(F)C(F)(F)C(F)(F)C(F)(F)C(F)(F)C(F)(F)C(F)(F)C(F)(F)F. The van der Waals surface area contributed by atoms with Crippen LogP contribution in [-0.4, -0.2) is 64.8 Å². The number of alkyl halides is 18. The van der Waals surface area contributed by atoms with Crippen LogP contribution in [0.4, 0.5) is 74.6 Å². The van der Waals surface area contributed by atoms with E-state index < -0.39 is 64.6 Å². The summed E-state index contributed by atoms with van der Waals surface area (Å²) < 4.78 is 228. The van der Waals surface area contributed by atoms with Crippen molar-refractivity contribution in [2.45, 2.75) is 103 Å². The third kappa shape index (κ3) is 7.03. The molecule has 0 saturated heterocycles. The second-order valence-corrected chi connectivity index (χ2v) is 10.1. The lowest BCUT2D eigenvalue weighted by Crippen LogP contribution is -2.74. The van der Waals surface area contributed by atoms with E-state index >= 15 is 0 Å². The predicted molar refractivity (Wildman–Crippen MR) is 107 cm³/mol. The average molecular weight is 716 g/mol.